The fourth-order valence-corrected chi connectivity index (χ4v) is 2.95. The fourth-order valence-electron chi connectivity index (χ4n) is 2.95. The number of nitrogens with zero attached hydrogens (tertiary/aromatic N) is 1. The van der Waals surface area contributed by atoms with Gasteiger partial charge >= 0.3 is 6.09 Å². The maximum absolute atomic E-state index is 11.9. The van der Waals surface area contributed by atoms with Crippen molar-refractivity contribution in [2.75, 3.05) is 32.8 Å². The van der Waals surface area contributed by atoms with E-state index in [1.807, 2.05) is 37.3 Å². The lowest BCUT2D eigenvalue weighted by molar-refractivity contribution is -0.121. The van der Waals surface area contributed by atoms with Crippen LogP contribution in [0, 0.1) is 0 Å². The normalized spacial score (nSPS) is 15.0. The Balaban J connectivity index is 1.52. The van der Waals surface area contributed by atoms with E-state index in [-0.39, 0.29) is 12.0 Å². The third kappa shape index (κ3) is 7.13. The summed E-state index contributed by atoms with van der Waals surface area (Å²) in [5.74, 6) is 0.0859. The van der Waals surface area contributed by atoms with Crippen LogP contribution >= 0.6 is 0 Å². The molecule has 0 aliphatic carbocycles. The Labute approximate surface area is 149 Å². The Hall–Kier alpha value is -2.08. The predicted octanol–water partition coefficient (Wildman–Crippen LogP) is 1.95. The molecule has 1 heterocycles. The average molecular weight is 347 g/mol. The molecule has 1 aliphatic heterocycles. The molecule has 0 bridgehead atoms. The highest BCUT2D eigenvalue weighted by atomic mass is 16.6. The van der Waals surface area contributed by atoms with Gasteiger partial charge in [-0.05, 0) is 31.7 Å². The molecule has 2 rings (SSSR count). The first-order chi connectivity index (χ1) is 12.2. The van der Waals surface area contributed by atoms with E-state index in [0.717, 1.165) is 38.9 Å². The van der Waals surface area contributed by atoms with Crippen molar-refractivity contribution < 1.29 is 14.3 Å². The molecular formula is C19H29N3O3. The number of likely N-dealkylation sites (tertiary alicyclic amines) is 1. The van der Waals surface area contributed by atoms with Gasteiger partial charge in [0.05, 0.1) is 6.61 Å². The van der Waals surface area contributed by atoms with Gasteiger partial charge in [-0.25, -0.2) is 4.79 Å². The quantitative estimate of drug-likeness (QED) is 0.705. The molecule has 0 atom stereocenters. The number of aryl methyl sites for hydroxylation is 1. The molecule has 6 heteroatoms. The van der Waals surface area contributed by atoms with Crippen molar-refractivity contribution in [3.63, 3.8) is 0 Å². The summed E-state index contributed by atoms with van der Waals surface area (Å²) in [6.45, 7) is 5.06. The minimum absolute atomic E-state index is 0.0859. The van der Waals surface area contributed by atoms with Crippen LogP contribution in [-0.4, -0.2) is 55.7 Å². The largest absolute Gasteiger partial charge is 0.450 e. The van der Waals surface area contributed by atoms with Gasteiger partial charge in [0.2, 0.25) is 5.91 Å². The minimum atomic E-state index is -0.216. The summed E-state index contributed by atoms with van der Waals surface area (Å²) in [5, 5.41) is 6.40. The molecule has 6 nitrogen and oxygen atoms in total. The van der Waals surface area contributed by atoms with Crippen LogP contribution in [0.1, 0.15) is 31.7 Å². The van der Waals surface area contributed by atoms with Gasteiger partial charge in [-0.2, -0.15) is 0 Å². The topological polar surface area (TPSA) is 70.7 Å². The van der Waals surface area contributed by atoms with E-state index in [4.69, 9.17) is 4.74 Å². The van der Waals surface area contributed by atoms with Gasteiger partial charge in [0.25, 0.3) is 0 Å². The van der Waals surface area contributed by atoms with E-state index in [9.17, 15) is 9.59 Å². The number of hydrogen-bond acceptors (Lipinski definition) is 4. The number of nitrogens with one attached hydrogen (secondary N) is 2. The molecule has 1 aromatic carbocycles. The van der Waals surface area contributed by atoms with Crippen molar-refractivity contribution >= 4 is 12.0 Å². The zero-order valence-electron chi connectivity index (χ0n) is 15.0. The molecule has 0 spiro atoms. The molecular weight excluding hydrogens is 318 g/mol. The van der Waals surface area contributed by atoms with Crippen molar-refractivity contribution in [1.29, 1.82) is 0 Å². The number of carbonyl (C=O) groups excluding carboxylic acids is 2. The van der Waals surface area contributed by atoms with E-state index in [0.29, 0.717) is 25.6 Å². The molecule has 138 valence electrons. The summed E-state index contributed by atoms with van der Waals surface area (Å²) in [6.07, 6.45) is 2.90. The van der Waals surface area contributed by atoms with Crippen molar-refractivity contribution in [2.45, 2.75) is 38.6 Å². The summed E-state index contributed by atoms with van der Waals surface area (Å²) in [6, 6.07) is 10.4. The molecule has 1 aliphatic rings. The van der Waals surface area contributed by atoms with Crippen LogP contribution in [0.4, 0.5) is 4.79 Å². The van der Waals surface area contributed by atoms with E-state index >= 15 is 0 Å². The first-order valence-electron chi connectivity index (χ1n) is 9.14. The van der Waals surface area contributed by atoms with Gasteiger partial charge in [0.15, 0.2) is 0 Å². The zero-order chi connectivity index (χ0) is 17.9. The highest BCUT2D eigenvalue weighted by molar-refractivity contribution is 5.76. The summed E-state index contributed by atoms with van der Waals surface area (Å²) < 4.78 is 5.02. The number of carbonyl (C=O) groups is 2. The standard InChI is InChI=1S/C19H29N3O3/c1-2-25-19(24)22-14-10-17(11-15-22)20-12-13-21-18(23)9-8-16-6-4-3-5-7-16/h3-7,17,20H,2,8-15H2,1H3,(H,21,23). The summed E-state index contributed by atoms with van der Waals surface area (Å²) in [5.41, 5.74) is 1.18. The van der Waals surface area contributed by atoms with Crippen molar-refractivity contribution in [3.8, 4) is 0 Å². The third-order valence-electron chi connectivity index (χ3n) is 4.38. The molecule has 0 unspecified atom stereocenters. The van der Waals surface area contributed by atoms with Crippen LogP contribution in [0.5, 0.6) is 0 Å². The monoisotopic (exact) mass is 347 g/mol. The van der Waals surface area contributed by atoms with E-state index in [1.54, 1.807) is 4.90 Å². The smallest absolute Gasteiger partial charge is 0.409 e. The summed E-state index contributed by atoms with van der Waals surface area (Å²) >= 11 is 0. The lowest BCUT2D eigenvalue weighted by Crippen LogP contribution is -2.46. The van der Waals surface area contributed by atoms with Crippen LogP contribution in [0.2, 0.25) is 0 Å². The molecule has 1 saturated heterocycles. The second-order valence-corrected chi connectivity index (χ2v) is 6.25. The Morgan fingerprint density at radius 2 is 1.88 bits per heavy atom. The lowest BCUT2D eigenvalue weighted by Gasteiger charge is -2.31. The SMILES string of the molecule is CCOC(=O)N1CCC(NCCNC(=O)CCc2ccccc2)CC1. The Morgan fingerprint density at radius 1 is 1.16 bits per heavy atom. The Kier molecular flexibility index (Phi) is 8.25. The number of piperidine rings is 1. The number of ether oxygens (including phenoxy) is 1. The molecule has 0 aromatic heterocycles. The molecule has 0 saturated carbocycles. The number of benzene rings is 1. The molecule has 2 amide bonds. The second-order valence-electron chi connectivity index (χ2n) is 6.25. The van der Waals surface area contributed by atoms with Gasteiger partial charge in [-0.15, -0.1) is 0 Å². The van der Waals surface area contributed by atoms with Crippen molar-refractivity contribution in [1.82, 2.24) is 15.5 Å². The molecule has 2 N–H and O–H groups in total. The van der Waals surface area contributed by atoms with Crippen LogP contribution < -0.4 is 10.6 Å². The first-order valence-corrected chi connectivity index (χ1v) is 9.14. The first kappa shape index (κ1) is 19.2. The maximum atomic E-state index is 11.9. The van der Waals surface area contributed by atoms with Gasteiger partial charge in [0.1, 0.15) is 0 Å². The molecule has 25 heavy (non-hydrogen) atoms. The van der Waals surface area contributed by atoms with Crippen LogP contribution in [0.25, 0.3) is 0 Å². The Morgan fingerprint density at radius 3 is 2.56 bits per heavy atom. The predicted molar refractivity (Wildman–Crippen MR) is 97.4 cm³/mol. The molecule has 0 radical (unpaired) electrons. The van der Waals surface area contributed by atoms with Gasteiger partial charge < -0.3 is 20.3 Å². The highest BCUT2D eigenvalue weighted by Crippen LogP contribution is 2.11. The zero-order valence-corrected chi connectivity index (χ0v) is 15.0. The maximum Gasteiger partial charge on any atom is 0.409 e. The van der Waals surface area contributed by atoms with Crippen LogP contribution in [0.3, 0.4) is 0 Å². The molecule has 1 fully saturated rings. The summed E-state index contributed by atoms with van der Waals surface area (Å²) in [7, 11) is 0. The van der Waals surface area contributed by atoms with Crippen molar-refractivity contribution in [2.24, 2.45) is 0 Å². The lowest BCUT2D eigenvalue weighted by atomic mass is 10.1. The Bertz CT molecular complexity index is 528. The van der Waals surface area contributed by atoms with Gasteiger partial charge in [0, 0.05) is 38.6 Å². The fraction of sp³-hybridized carbons (Fsp3) is 0.579. The number of hydrogen-bond donors (Lipinski definition) is 2. The van der Waals surface area contributed by atoms with Gasteiger partial charge in [-0.1, -0.05) is 30.3 Å². The summed E-state index contributed by atoms with van der Waals surface area (Å²) in [4.78, 5) is 25.2. The van der Waals surface area contributed by atoms with E-state index < -0.39 is 0 Å². The van der Waals surface area contributed by atoms with Gasteiger partial charge in [-0.3, -0.25) is 4.79 Å². The number of rotatable bonds is 8. The molecule has 1 aromatic rings. The number of amides is 2. The van der Waals surface area contributed by atoms with Crippen LogP contribution in [-0.2, 0) is 16.0 Å². The van der Waals surface area contributed by atoms with E-state index in [2.05, 4.69) is 10.6 Å². The average Bonchev–Trinajstić information content (AvgIpc) is 2.65. The van der Waals surface area contributed by atoms with Crippen LogP contribution in [0.15, 0.2) is 30.3 Å². The minimum Gasteiger partial charge on any atom is -0.450 e. The van der Waals surface area contributed by atoms with E-state index in [1.165, 1.54) is 5.56 Å². The van der Waals surface area contributed by atoms with Crippen molar-refractivity contribution in [3.05, 3.63) is 35.9 Å². The second kappa shape index (κ2) is 10.7. The highest BCUT2D eigenvalue weighted by Gasteiger charge is 2.22. The third-order valence-corrected chi connectivity index (χ3v) is 4.38.